The van der Waals surface area contributed by atoms with Crippen molar-refractivity contribution >= 4 is 11.8 Å². The molecule has 4 nitrogen and oxygen atoms in total. The summed E-state index contributed by atoms with van der Waals surface area (Å²) in [5.74, 6) is -2.04. The molecule has 1 N–H and O–H groups in total. The fraction of sp³-hybridized carbons (Fsp3) is 0.400. The molecule has 144 valence electrons. The van der Waals surface area contributed by atoms with Crippen LogP contribution in [-0.2, 0) is 20.5 Å². The molecule has 0 aromatic heterocycles. The van der Waals surface area contributed by atoms with Crippen LogP contribution in [0.5, 0.6) is 0 Å². The van der Waals surface area contributed by atoms with Crippen molar-refractivity contribution in [3.8, 4) is 0 Å². The number of ether oxygens (including phenoxy) is 1. The molecule has 0 unspecified atom stereocenters. The first-order valence-electron chi connectivity index (χ1n) is 8.83. The highest BCUT2D eigenvalue weighted by atomic mass is 19.4. The van der Waals surface area contributed by atoms with Crippen LogP contribution in [0.15, 0.2) is 46.8 Å². The van der Waals surface area contributed by atoms with Gasteiger partial charge in [-0.2, -0.15) is 13.2 Å². The smallest absolute Gasteiger partial charge is 0.416 e. The number of carbonyl (C=O) groups excluding carboxylic acids is 2. The number of ketones is 1. The average molecular weight is 379 g/mol. The molecule has 1 aromatic carbocycles. The number of benzene rings is 1. The third-order valence-corrected chi connectivity index (χ3v) is 4.85. The Labute approximate surface area is 155 Å². The van der Waals surface area contributed by atoms with Crippen molar-refractivity contribution in [2.75, 3.05) is 6.61 Å². The van der Waals surface area contributed by atoms with Gasteiger partial charge in [0, 0.05) is 29.3 Å². The Bertz CT molecular complexity index is 852. The van der Waals surface area contributed by atoms with E-state index >= 15 is 0 Å². The van der Waals surface area contributed by atoms with Gasteiger partial charge in [0.25, 0.3) is 0 Å². The van der Waals surface area contributed by atoms with Gasteiger partial charge in [0.1, 0.15) is 0 Å². The van der Waals surface area contributed by atoms with E-state index in [1.807, 2.05) is 0 Å². The molecule has 0 fully saturated rings. The second kappa shape index (κ2) is 7.21. The zero-order valence-electron chi connectivity index (χ0n) is 15.1. The first-order chi connectivity index (χ1) is 12.8. The van der Waals surface area contributed by atoms with E-state index in [1.165, 1.54) is 18.2 Å². The van der Waals surface area contributed by atoms with Crippen LogP contribution >= 0.6 is 0 Å². The van der Waals surface area contributed by atoms with Gasteiger partial charge in [-0.3, -0.25) is 4.79 Å². The van der Waals surface area contributed by atoms with Crippen LogP contribution in [0.3, 0.4) is 0 Å². The molecule has 1 aliphatic heterocycles. The van der Waals surface area contributed by atoms with Crippen molar-refractivity contribution in [2.45, 2.75) is 45.2 Å². The monoisotopic (exact) mass is 379 g/mol. The summed E-state index contributed by atoms with van der Waals surface area (Å²) in [5.41, 5.74) is 0.366. The van der Waals surface area contributed by atoms with E-state index in [0.29, 0.717) is 24.2 Å². The van der Waals surface area contributed by atoms with Crippen LogP contribution in [0.25, 0.3) is 0 Å². The van der Waals surface area contributed by atoms with Crippen molar-refractivity contribution in [1.29, 1.82) is 0 Å². The fourth-order valence-electron chi connectivity index (χ4n) is 3.78. The lowest BCUT2D eigenvalue weighted by atomic mass is 9.74. The Hall–Kier alpha value is -2.57. The minimum absolute atomic E-state index is 0.0579. The molecule has 0 spiro atoms. The molecule has 7 heteroatoms. The fourth-order valence-corrected chi connectivity index (χ4v) is 3.78. The summed E-state index contributed by atoms with van der Waals surface area (Å²) in [7, 11) is 0. The molecular formula is C20H20F3NO3. The van der Waals surface area contributed by atoms with Crippen LogP contribution in [0.1, 0.15) is 50.2 Å². The zero-order chi connectivity index (χ0) is 19.8. The third-order valence-electron chi connectivity index (χ3n) is 4.85. The second-order valence-corrected chi connectivity index (χ2v) is 6.57. The molecule has 1 atom stereocenters. The third kappa shape index (κ3) is 3.50. The van der Waals surface area contributed by atoms with Crippen molar-refractivity contribution < 1.29 is 27.5 Å². The van der Waals surface area contributed by atoms with Gasteiger partial charge in [-0.25, -0.2) is 4.79 Å². The lowest BCUT2D eigenvalue weighted by molar-refractivity contribution is -0.140. The van der Waals surface area contributed by atoms with E-state index in [2.05, 4.69) is 5.32 Å². The van der Waals surface area contributed by atoms with E-state index < -0.39 is 23.6 Å². The van der Waals surface area contributed by atoms with Crippen LogP contribution in [0.4, 0.5) is 13.2 Å². The number of allylic oxidation sites excluding steroid dienone is 3. The minimum Gasteiger partial charge on any atom is -0.463 e. The number of halogens is 3. The number of carbonyl (C=O) groups is 2. The van der Waals surface area contributed by atoms with Gasteiger partial charge in [0.15, 0.2) is 5.78 Å². The van der Waals surface area contributed by atoms with Gasteiger partial charge in [-0.05, 0) is 38.3 Å². The Balaban J connectivity index is 2.26. The molecule has 1 aromatic rings. The molecule has 0 saturated carbocycles. The lowest BCUT2D eigenvalue weighted by Crippen LogP contribution is -2.35. The molecule has 1 aliphatic carbocycles. The Kier molecular flexibility index (Phi) is 5.13. The highest BCUT2D eigenvalue weighted by Gasteiger charge is 2.43. The summed E-state index contributed by atoms with van der Waals surface area (Å²) < 4.78 is 46.0. The summed E-state index contributed by atoms with van der Waals surface area (Å²) in [6, 6.07) is 5.09. The van der Waals surface area contributed by atoms with E-state index in [0.717, 1.165) is 6.07 Å². The topological polar surface area (TPSA) is 55.4 Å². The van der Waals surface area contributed by atoms with Gasteiger partial charge in [-0.15, -0.1) is 0 Å². The second-order valence-electron chi connectivity index (χ2n) is 6.57. The van der Waals surface area contributed by atoms with Crippen LogP contribution in [0.2, 0.25) is 0 Å². The maximum atomic E-state index is 13.6. The molecule has 3 rings (SSSR count). The summed E-state index contributed by atoms with van der Waals surface area (Å²) in [6.07, 6.45) is -3.17. The number of alkyl halides is 3. The Morgan fingerprint density at radius 2 is 1.96 bits per heavy atom. The maximum absolute atomic E-state index is 13.6. The Morgan fingerprint density at radius 3 is 2.63 bits per heavy atom. The van der Waals surface area contributed by atoms with Gasteiger partial charge in [0.05, 0.1) is 17.7 Å². The number of hydrogen-bond donors (Lipinski definition) is 1. The molecule has 27 heavy (non-hydrogen) atoms. The number of hydrogen-bond acceptors (Lipinski definition) is 4. The predicted molar refractivity (Wildman–Crippen MR) is 92.5 cm³/mol. The largest absolute Gasteiger partial charge is 0.463 e. The van der Waals surface area contributed by atoms with Gasteiger partial charge in [-0.1, -0.05) is 18.2 Å². The number of nitrogens with one attached hydrogen (secondary N) is 1. The van der Waals surface area contributed by atoms with Crippen LogP contribution in [-0.4, -0.2) is 18.4 Å². The van der Waals surface area contributed by atoms with E-state index in [1.54, 1.807) is 13.8 Å². The molecule has 2 aliphatic rings. The van der Waals surface area contributed by atoms with Crippen molar-refractivity contribution in [1.82, 2.24) is 5.32 Å². The molecule has 0 bridgehead atoms. The van der Waals surface area contributed by atoms with Gasteiger partial charge >= 0.3 is 12.1 Å². The number of dihydropyridines is 1. The van der Waals surface area contributed by atoms with Crippen molar-refractivity contribution in [3.63, 3.8) is 0 Å². The molecule has 0 radical (unpaired) electrons. The number of Topliss-reactive ketones (excluding diaryl/α,β-unsaturated/α-hetero) is 1. The van der Waals surface area contributed by atoms with E-state index in [9.17, 15) is 22.8 Å². The van der Waals surface area contributed by atoms with Crippen LogP contribution < -0.4 is 5.32 Å². The predicted octanol–water partition coefficient (Wildman–Crippen LogP) is 4.24. The first-order valence-corrected chi connectivity index (χ1v) is 8.83. The molecule has 0 saturated heterocycles. The molecule has 0 amide bonds. The average Bonchev–Trinajstić information content (AvgIpc) is 2.60. The van der Waals surface area contributed by atoms with Gasteiger partial charge < -0.3 is 10.1 Å². The van der Waals surface area contributed by atoms with Gasteiger partial charge in [0.2, 0.25) is 0 Å². The SMILES string of the molecule is CCOC(=O)C1=C(C)NC2=C(C(=O)CCC2)[C@H]1c1ccccc1C(F)(F)F. The van der Waals surface area contributed by atoms with E-state index in [4.69, 9.17) is 4.74 Å². The quantitative estimate of drug-likeness (QED) is 0.799. The van der Waals surface area contributed by atoms with E-state index in [-0.39, 0.29) is 35.5 Å². The van der Waals surface area contributed by atoms with Crippen LogP contribution in [0, 0.1) is 0 Å². The standard InChI is InChI=1S/C20H20F3NO3/c1-3-27-19(26)16-11(2)24-14-9-6-10-15(25)18(14)17(16)12-7-4-5-8-13(12)20(21,22)23/h4-5,7-8,17,24H,3,6,9-10H2,1-2H3/t17-/m0/s1. The normalized spacial score (nSPS) is 20.3. The van der Waals surface area contributed by atoms with Crippen molar-refractivity contribution in [3.05, 3.63) is 57.9 Å². The van der Waals surface area contributed by atoms with Crippen molar-refractivity contribution in [2.24, 2.45) is 0 Å². The number of rotatable bonds is 3. The summed E-state index contributed by atoms with van der Waals surface area (Å²) in [5, 5.41) is 3.05. The summed E-state index contributed by atoms with van der Waals surface area (Å²) in [6.45, 7) is 3.33. The maximum Gasteiger partial charge on any atom is 0.416 e. The number of esters is 1. The molecule has 1 heterocycles. The summed E-state index contributed by atoms with van der Waals surface area (Å²) >= 11 is 0. The zero-order valence-corrected chi connectivity index (χ0v) is 15.1. The minimum atomic E-state index is -4.60. The first kappa shape index (κ1) is 19.2. The lowest BCUT2D eigenvalue weighted by Gasteiger charge is -2.35. The molecular weight excluding hydrogens is 359 g/mol. The summed E-state index contributed by atoms with van der Waals surface area (Å²) in [4.78, 5) is 25.3. The highest BCUT2D eigenvalue weighted by molar-refractivity contribution is 6.03. The Morgan fingerprint density at radius 1 is 1.26 bits per heavy atom. The highest BCUT2D eigenvalue weighted by Crippen LogP contribution is 2.46.